The number of ether oxygens (including phenoxy) is 2. The second kappa shape index (κ2) is 14.5. The number of amides is 2. The third-order valence-corrected chi connectivity index (χ3v) is 6.87. The second-order valence-corrected chi connectivity index (χ2v) is 9.87. The molecule has 2 amide bonds. The van der Waals surface area contributed by atoms with Gasteiger partial charge in [-0.05, 0) is 64.7 Å². The Morgan fingerprint density at radius 3 is 2.30 bits per heavy atom. The van der Waals surface area contributed by atoms with Gasteiger partial charge in [-0.3, -0.25) is 9.59 Å². The summed E-state index contributed by atoms with van der Waals surface area (Å²) < 4.78 is 12.0. The molecule has 5 aromatic carbocycles. The number of nitrogens with zero attached hydrogens (tertiary/aromatic N) is 1. The summed E-state index contributed by atoms with van der Waals surface area (Å²) in [5, 5.41) is 9.43. The molecule has 0 aliphatic heterocycles. The maximum Gasteiger partial charge on any atom is 0.251 e. The van der Waals surface area contributed by atoms with Crippen LogP contribution in [0.4, 0.5) is 0 Å². The number of hydrogen-bond acceptors (Lipinski definition) is 5. The van der Waals surface area contributed by atoms with Crippen molar-refractivity contribution in [1.82, 2.24) is 10.7 Å². The zero-order valence-corrected chi connectivity index (χ0v) is 23.9. The molecule has 2 N–H and O–H groups in total. The molecule has 0 aromatic heterocycles. The summed E-state index contributed by atoms with van der Waals surface area (Å²) in [6, 6.07) is 37.7. The van der Waals surface area contributed by atoms with Crippen LogP contribution in [0.3, 0.4) is 0 Å². The van der Waals surface area contributed by atoms with Crippen LogP contribution >= 0.6 is 0 Å². The standard InChI is InChI=1S/C36H33N3O4/c1-2-42-34-22-26(20-21-33(34)43-25-30-18-11-17-27-12-9-10-19-31(27)30)24-37-39-35(40)23-32(28-13-5-3-6-14-28)38-36(41)29-15-7-4-8-16-29/h3-22,24,32H,2,23,25H2,1H3,(H,38,41)(H,39,40)/b37-24-/t32-/m0/s1. The van der Waals surface area contributed by atoms with Crippen molar-refractivity contribution in [3.8, 4) is 11.5 Å². The molecule has 0 aliphatic rings. The van der Waals surface area contributed by atoms with Gasteiger partial charge in [-0.1, -0.05) is 91.0 Å². The van der Waals surface area contributed by atoms with Crippen molar-refractivity contribution in [3.63, 3.8) is 0 Å². The van der Waals surface area contributed by atoms with Crippen LogP contribution in [0.2, 0.25) is 0 Å². The summed E-state index contributed by atoms with van der Waals surface area (Å²) in [5.41, 5.74) is 5.75. The van der Waals surface area contributed by atoms with Crippen LogP contribution in [0.15, 0.2) is 126 Å². The van der Waals surface area contributed by atoms with E-state index < -0.39 is 6.04 Å². The van der Waals surface area contributed by atoms with Crippen LogP contribution in [-0.4, -0.2) is 24.6 Å². The van der Waals surface area contributed by atoms with Gasteiger partial charge in [0.15, 0.2) is 11.5 Å². The number of fused-ring (bicyclic) bond motifs is 1. The van der Waals surface area contributed by atoms with Crippen LogP contribution in [0.5, 0.6) is 11.5 Å². The molecule has 5 aromatic rings. The Balaban J connectivity index is 1.22. The molecule has 43 heavy (non-hydrogen) atoms. The van der Waals surface area contributed by atoms with E-state index >= 15 is 0 Å². The molecule has 0 aliphatic carbocycles. The molecule has 0 unspecified atom stereocenters. The van der Waals surface area contributed by atoms with Crippen molar-refractivity contribution in [2.45, 2.75) is 26.0 Å². The highest BCUT2D eigenvalue weighted by Gasteiger charge is 2.19. The lowest BCUT2D eigenvalue weighted by molar-refractivity contribution is -0.121. The molecule has 0 spiro atoms. The van der Waals surface area contributed by atoms with Crippen molar-refractivity contribution in [2.24, 2.45) is 5.10 Å². The summed E-state index contributed by atoms with van der Waals surface area (Å²) in [6.45, 7) is 2.78. The number of carbonyl (C=O) groups is 2. The fourth-order valence-corrected chi connectivity index (χ4v) is 4.74. The van der Waals surface area contributed by atoms with E-state index in [4.69, 9.17) is 9.47 Å². The van der Waals surface area contributed by atoms with Crippen molar-refractivity contribution >= 4 is 28.8 Å². The minimum absolute atomic E-state index is 0.0189. The fraction of sp³-hybridized carbons (Fsp3) is 0.139. The Hall–Kier alpha value is -5.43. The third kappa shape index (κ3) is 7.86. The average molecular weight is 572 g/mol. The van der Waals surface area contributed by atoms with Crippen LogP contribution in [0.1, 0.15) is 46.4 Å². The van der Waals surface area contributed by atoms with Gasteiger partial charge in [0.2, 0.25) is 5.91 Å². The molecule has 5 rings (SSSR count). The summed E-state index contributed by atoms with van der Waals surface area (Å²) in [6.07, 6.45) is 1.57. The molecular formula is C36H33N3O4. The van der Waals surface area contributed by atoms with Gasteiger partial charge < -0.3 is 14.8 Å². The van der Waals surface area contributed by atoms with E-state index in [0.717, 1.165) is 27.5 Å². The summed E-state index contributed by atoms with van der Waals surface area (Å²) in [7, 11) is 0. The van der Waals surface area contributed by atoms with Gasteiger partial charge >= 0.3 is 0 Å². The lowest BCUT2D eigenvalue weighted by Crippen LogP contribution is -2.32. The number of hydrogen-bond donors (Lipinski definition) is 2. The third-order valence-electron chi connectivity index (χ3n) is 6.87. The minimum atomic E-state index is -0.521. The molecule has 0 fully saturated rings. The first-order valence-electron chi connectivity index (χ1n) is 14.2. The van der Waals surface area contributed by atoms with E-state index in [9.17, 15) is 9.59 Å². The number of carbonyl (C=O) groups excluding carboxylic acids is 2. The van der Waals surface area contributed by atoms with Crippen LogP contribution in [-0.2, 0) is 11.4 Å². The molecule has 0 saturated carbocycles. The van der Waals surface area contributed by atoms with Gasteiger partial charge in [0, 0.05) is 5.56 Å². The Morgan fingerprint density at radius 2 is 1.51 bits per heavy atom. The number of hydrazone groups is 1. The lowest BCUT2D eigenvalue weighted by Gasteiger charge is -2.18. The topological polar surface area (TPSA) is 89.0 Å². The summed E-state index contributed by atoms with van der Waals surface area (Å²) in [5.74, 6) is 0.622. The zero-order valence-electron chi connectivity index (χ0n) is 23.9. The first-order valence-corrected chi connectivity index (χ1v) is 14.2. The molecule has 7 heteroatoms. The van der Waals surface area contributed by atoms with E-state index in [1.165, 1.54) is 0 Å². The number of rotatable bonds is 12. The fourth-order valence-electron chi connectivity index (χ4n) is 4.74. The van der Waals surface area contributed by atoms with Crippen LogP contribution in [0, 0.1) is 0 Å². The zero-order chi connectivity index (χ0) is 29.9. The van der Waals surface area contributed by atoms with Crippen molar-refractivity contribution in [3.05, 3.63) is 144 Å². The molecular weight excluding hydrogens is 538 g/mol. The molecule has 0 bridgehead atoms. The van der Waals surface area contributed by atoms with Gasteiger partial charge in [-0.15, -0.1) is 0 Å². The van der Waals surface area contributed by atoms with Gasteiger partial charge in [0.1, 0.15) is 6.61 Å². The highest BCUT2D eigenvalue weighted by atomic mass is 16.5. The Bertz CT molecular complexity index is 1700. The van der Waals surface area contributed by atoms with E-state index in [-0.39, 0.29) is 18.2 Å². The maximum atomic E-state index is 12.9. The van der Waals surface area contributed by atoms with Gasteiger partial charge in [-0.2, -0.15) is 5.10 Å². The van der Waals surface area contributed by atoms with Gasteiger partial charge in [0.25, 0.3) is 5.91 Å². The second-order valence-electron chi connectivity index (χ2n) is 9.87. The summed E-state index contributed by atoms with van der Waals surface area (Å²) >= 11 is 0. The molecule has 0 radical (unpaired) electrons. The quantitative estimate of drug-likeness (QED) is 0.127. The SMILES string of the molecule is CCOc1cc(/C=N\NC(=O)C[C@H](NC(=O)c2ccccc2)c2ccccc2)ccc1OCc1cccc2ccccc12. The van der Waals surface area contributed by atoms with Crippen molar-refractivity contribution in [2.75, 3.05) is 6.61 Å². The first-order chi connectivity index (χ1) is 21.1. The molecule has 0 saturated heterocycles. The predicted molar refractivity (Wildman–Crippen MR) is 169 cm³/mol. The van der Waals surface area contributed by atoms with E-state index in [1.54, 1.807) is 30.5 Å². The highest BCUT2D eigenvalue weighted by molar-refractivity contribution is 5.94. The Kier molecular flexibility index (Phi) is 9.78. The van der Waals surface area contributed by atoms with Crippen LogP contribution in [0.25, 0.3) is 10.8 Å². The van der Waals surface area contributed by atoms with Gasteiger partial charge in [0.05, 0.1) is 25.3 Å². The number of benzene rings is 5. The lowest BCUT2D eigenvalue weighted by atomic mass is 10.0. The Morgan fingerprint density at radius 1 is 0.791 bits per heavy atom. The smallest absolute Gasteiger partial charge is 0.251 e. The van der Waals surface area contributed by atoms with Crippen LogP contribution < -0.4 is 20.2 Å². The minimum Gasteiger partial charge on any atom is -0.490 e. The summed E-state index contributed by atoms with van der Waals surface area (Å²) in [4.78, 5) is 25.7. The van der Waals surface area contributed by atoms with E-state index in [0.29, 0.717) is 30.3 Å². The predicted octanol–water partition coefficient (Wildman–Crippen LogP) is 6.83. The van der Waals surface area contributed by atoms with E-state index in [2.05, 4.69) is 40.1 Å². The van der Waals surface area contributed by atoms with Crippen molar-refractivity contribution in [1.29, 1.82) is 0 Å². The van der Waals surface area contributed by atoms with Crippen molar-refractivity contribution < 1.29 is 19.1 Å². The molecule has 1 atom stereocenters. The molecule has 7 nitrogen and oxygen atoms in total. The Labute approximate surface area is 251 Å². The average Bonchev–Trinajstić information content (AvgIpc) is 3.05. The molecule has 216 valence electrons. The van der Waals surface area contributed by atoms with Gasteiger partial charge in [-0.25, -0.2) is 5.43 Å². The number of nitrogens with one attached hydrogen (secondary N) is 2. The monoisotopic (exact) mass is 571 g/mol. The van der Waals surface area contributed by atoms with E-state index in [1.807, 2.05) is 79.7 Å². The highest BCUT2D eigenvalue weighted by Crippen LogP contribution is 2.30. The largest absolute Gasteiger partial charge is 0.490 e. The first kappa shape index (κ1) is 29.1. The molecule has 0 heterocycles. The normalized spacial score (nSPS) is 11.7. The maximum absolute atomic E-state index is 12.9.